The zero-order chi connectivity index (χ0) is 28.5. The summed E-state index contributed by atoms with van der Waals surface area (Å²) in [6.07, 6.45) is 5.55. The third-order valence-corrected chi connectivity index (χ3v) is 5.96. The van der Waals surface area contributed by atoms with E-state index in [0.29, 0.717) is 64.7 Å². The lowest BCUT2D eigenvalue weighted by Crippen LogP contribution is -2.54. The number of rotatable bonds is 20. The summed E-state index contributed by atoms with van der Waals surface area (Å²) in [6, 6.07) is -1.55. The second-order valence-corrected chi connectivity index (χ2v) is 10.2. The van der Waals surface area contributed by atoms with Crippen LogP contribution in [0, 0.1) is 11.8 Å². The van der Waals surface area contributed by atoms with Crippen molar-refractivity contribution in [3.05, 3.63) is 12.2 Å². The molecule has 5 amide bonds. The third kappa shape index (κ3) is 13.7. The fraction of sp³-hybridized carbons (Fsp3) is 0.741. The Kier molecular flexibility index (Phi) is 16.1. The highest BCUT2D eigenvalue weighted by Crippen LogP contribution is 2.09. The molecular formula is C27H46N4O7. The van der Waals surface area contributed by atoms with Crippen molar-refractivity contribution in [3.63, 3.8) is 0 Å². The molecule has 216 valence electrons. The molecule has 0 fully saturated rings. The minimum Gasteiger partial charge on any atom is -0.379 e. The largest absolute Gasteiger partial charge is 0.379 e. The zero-order valence-corrected chi connectivity index (χ0v) is 23.5. The van der Waals surface area contributed by atoms with Gasteiger partial charge in [0.2, 0.25) is 17.7 Å². The van der Waals surface area contributed by atoms with E-state index in [2.05, 4.69) is 29.8 Å². The number of ether oxygens (including phenoxy) is 2. The van der Waals surface area contributed by atoms with Crippen molar-refractivity contribution in [2.45, 2.75) is 78.8 Å². The number of amides is 5. The lowest BCUT2D eigenvalue weighted by molar-refractivity contribution is -0.137. The zero-order valence-electron chi connectivity index (χ0n) is 23.5. The van der Waals surface area contributed by atoms with Crippen molar-refractivity contribution in [2.75, 3.05) is 39.5 Å². The number of unbranched alkanes of at least 4 members (excludes halogenated alkanes) is 2. The molecule has 1 rings (SSSR count). The molecule has 11 nitrogen and oxygen atoms in total. The second kappa shape index (κ2) is 18.5. The van der Waals surface area contributed by atoms with Crippen LogP contribution in [0.25, 0.3) is 0 Å². The standard InChI is InChI=1S/C27H46N4O7/c1-19(2)12-15-37-17-18-38-16-13-28-26(35)21(5)29-27(36)25(20(3)4)30-22(32)9-7-6-8-14-31-23(33)10-11-24(31)34/h10-11,19-21,25H,6-9,12-18H2,1-5H3,(H,28,35)(H,29,36)(H,30,32)/t21-,25-/m0/s1. The fourth-order valence-electron chi connectivity index (χ4n) is 3.57. The highest BCUT2D eigenvalue weighted by Gasteiger charge is 2.27. The summed E-state index contributed by atoms with van der Waals surface area (Å²) < 4.78 is 10.9. The van der Waals surface area contributed by atoms with Crippen molar-refractivity contribution in [1.29, 1.82) is 0 Å². The van der Waals surface area contributed by atoms with Crippen molar-refractivity contribution in [2.24, 2.45) is 11.8 Å². The molecule has 0 aromatic heterocycles. The maximum absolute atomic E-state index is 12.7. The summed E-state index contributed by atoms with van der Waals surface area (Å²) in [5, 5.41) is 8.14. The number of imide groups is 1. The van der Waals surface area contributed by atoms with E-state index in [9.17, 15) is 24.0 Å². The van der Waals surface area contributed by atoms with E-state index in [1.807, 2.05) is 13.8 Å². The lowest BCUT2D eigenvalue weighted by Gasteiger charge is -2.24. The van der Waals surface area contributed by atoms with Gasteiger partial charge in [0.1, 0.15) is 12.1 Å². The fourth-order valence-corrected chi connectivity index (χ4v) is 3.57. The molecule has 0 saturated carbocycles. The highest BCUT2D eigenvalue weighted by atomic mass is 16.5. The Morgan fingerprint density at radius 2 is 1.45 bits per heavy atom. The van der Waals surface area contributed by atoms with Crippen LogP contribution in [0.3, 0.4) is 0 Å². The molecule has 2 atom stereocenters. The molecule has 0 unspecified atom stereocenters. The van der Waals surface area contributed by atoms with Gasteiger partial charge in [0.25, 0.3) is 11.8 Å². The molecule has 38 heavy (non-hydrogen) atoms. The molecular weight excluding hydrogens is 492 g/mol. The number of nitrogens with one attached hydrogen (secondary N) is 3. The van der Waals surface area contributed by atoms with Gasteiger partial charge in [0, 0.05) is 38.3 Å². The van der Waals surface area contributed by atoms with Crippen LogP contribution in [0.4, 0.5) is 0 Å². The number of carbonyl (C=O) groups excluding carboxylic acids is 5. The number of nitrogens with zero attached hydrogens (tertiary/aromatic N) is 1. The van der Waals surface area contributed by atoms with Crippen molar-refractivity contribution < 1.29 is 33.4 Å². The van der Waals surface area contributed by atoms with Crippen LogP contribution in [0.15, 0.2) is 12.2 Å². The van der Waals surface area contributed by atoms with E-state index >= 15 is 0 Å². The van der Waals surface area contributed by atoms with E-state index in [1.54, 1.807) is 6.92 Å². The summed E-state index contributed by atoms with van der Waals surface area (Å²) >= 11 is 0. The molecule has 0 aromatic rings. The molecule has 1 aliphatic heterocycles. The number of hydrogen-bond donors (Lipinski definition) is 3. The first-order valence-corrected chi connectivity index (χ1v) is 13.6. The van der Waals surface area contributed by atoms with Crippen molar-refractivity contribution in [1.82, 2.24) is 20.9 Å². The van der Waals surface area contributed by atoms with Crippen LogP contribution in [0.1, 0.15) is 66.7 Å². The lowest BCUT2D eigenvalue weighted by atomic mass is 10.0. The third-order valence-electron chi connectivity index (χ3n) is 5.96. The van der Waals surface area contributed by atoms with Gasteiger partial charge in [-0.3, -0.25) is 28.9 Å². The average molecular weight is 539 g/mol. The van der Waals surface area contributed by atoms with Crippen LogP contribution in [-0.2, 0) is 33.4 Å². The van der Waals surface area contributed by atoms with Gasteiger partial charge < -0.3 is 25.4 Å². The Bertz CT molecular complexity index is 795. The van der Waals surface area contributed by atoms with Crippen LogP contribution in [-0.4, -0.2) is 86.0 Å². The van der Waals surface area contributed by atoms with E-state index in [4.69, 9.17) is 9.47 Å². The van der Waals surface area contributed by atoms with E-state index < -0.39 is 18.0 Å². The van der Waals surface area contributed by atoms with E-state index in [1.165, 1.54) is 17.1 Å². The first-order valence-electron chi connectivity index (χ1n) is 13.6. The molecule has 11 heteroatoms. The van der Waals surface area contributed by atoms with Crippen LogP contribution >= 0.6 is 0 Å². The summed E-state index contributed by atoms with van der Waals surface area (Å²) in [5.74, 6) is -1.23. The Morgan fingerprint density at radius 3 is 2.05 bits per heavy atom. The number of carbonyl (C=O) groups is 5. The van der Waals surface area contributed by atoms with Gasteiger partial charge in [-0.1, -0.05) is 34.1 Å². The SMILES string of the molecule is CC(C)CCOCCOCCNC(=O)[C@H](C)NC(=O)[C@@H](NC(=O)CCCCCN1C(=O)C=CC1=O)C(C)C. The molecule has 0 spiro atoms. The topological polar surface area (TPSA) is 143 Å². The van der Waals surface area contributed by atoms with E-state index in [0.717, 1.165) is 6.42 Å². The molecule has 3 N–H and O–H groups in total. The molecule has 1 aliphatic rings. The maximum Gasteiger partial charge on any atom is 0.253 e. The van der Waals surface area contributed by atoms with Crippen LogP contribution < -0.4 is 16.0 Å². The van der Waals surface area contributed by atoms with Gasteiger partial charge in [-0.05, 0) is 38.0 Å². The summed E-state index contributed by atoms with van der Waals surface area (Å²) in [4.78, 5) is 61.7. The second-order valence-electron chi connectivity index (χ2n) is 10.2. The minimum absolute atomic E-state index is 0.176. The van der Waals surface area contributed by atoms with Gasteiger partial charge in [0.15, 0.2) is 0 Å². The molecule has 1 heterocycles. The van der Waals surface area contributed by atoms with Crippen molar-refractivity contribution in [3.8, 4) is 0 Å². The van der Waals surface area contributed by atoms with Gasteiger partial charge >= 0.3 is 0 Å². The molecule has 0 aliphatic carbocycles. The molecule has 0 bridgehead atoms. The Balaban J connectivity index is 2.24. The first-order chi connectivity index (χ1) is 18.0. The van der Waals surface area contributed by atoms with E-state index in [-0.39, 0.29) is 36.0 Å². The average Bonchev–Trinajstić information content (AvgIpc) is 3.17. The summed E-state index contributed by atoms with van der Waals surface area (Å²) in [5.41, 5.74) is 0. The maximum atomic E-state index is 12.7. The highest BCUT2D eigenvalue weighted by molar-refractivity contribution is 6.12. The quantitative estimate of drug-likeness (QED) is 0.157. The number of hydrogen-bond acceptors (Lipinski definition) is 7. The predicted molar refractivity (Wildman–Crippen MR) is 143 cm³/mol. The monoisotopic (exact) mass is 538 g/mol. The normalized spacial score (nSPS) is 14.8. The smallest absolute Gasteiger partial charge is 0.253 e. The van der Waals surface area contributed by atoms with Crippen molar-refractivity contribution >= 4 is 29.5 Å². The molecule has 0 saturated heterocycles. The van der Waals surface area contributed by atoms with Crippen LogP contribution in [0.2, 0.25) is 0 Å². The first kappa shape index (κ1) is 33.2. The van der Waals surface area contributed by atoms with Crippen LogP contribution in [0.5, 0.6) is 0 Å². The Hall–Kier alpha value is -2.79. The van der Waals surface area contributed by atoms with Gasteiger partial charge in [-0.15, -0.1) is 0 Å². The van der Waals surface area contributed by atoms with Gasteiger partial charge in [0.05, 0.1) is 19.8 Å². The Labute approximate surface area is 226 Å². The molecule has 0 aromatic carbocycles. The Morgan fingerprint density at radius 1 is 0.816 bits per heavy atom. The summed E-state index contributed by atoms with van der Waals surface area (Å²) in [7, 11) is 0. The minimum atomic E-state index is -0.775. The predicted octanol–water partition coefficient (Wildman–Crippen LogP) is 1.31. The van der Waals surface area contributed by atoms with Gasteiger partial charge in [-0.2, -0.15) is 0 Å². The summed E-state index contributed by atoms with van der Waals surface area (Å²) in [6.45, 7) is 12.1. The van der Waals surface area contributed by atoms with Gasteiger partial charge in [-0.25, -0.2) is 0 Å². The molecule has 0 radical (unpaired) electrons.